The number of ether oxygens (including phenoxy) is 1. The zero-order chi connectivity index (χ0) is 22.0. The molecular weight excluding hydrogens is 459 g/mol. The summed E-state index contributed by atoms with van der Waals surface area (Å²) in [6.07, 6.45) is 0. The van der Waals surface area contributed by atoms with Crippen molar-refractivity contribution >= 4 is 33.9 Å². The number of methoxy groups -OCH3 is 1. The van der Waals surface area contributed by atoms with Crippen molar-refractivity contribution in [2.75, 3.05) is 7.11 Å². The summed E-state index contributed by atoms with van der Waals surface area (Å²) in [6, 6.07) is 8.86. The van der Waals surface area contributed by atoms with Crippen LogP contribution in [0.15, 0.2) is 58.2 Å². The molecule has 156 valence electrons. The van der Waals surface area contributed by atoms with Gasteiger partial charge in [-0.15, -0.1) is 0 Å². The zero-order valence-electron chi connectivity index (χ0n) is 16.1. The number of halogens is 2. The van der Waals surface area contributed by atoms with Crippen molar-refractivity contribution in [3.63, 3.8) is 0 Å². The van der Waals surface area contributed by atoms with Crippen LogP contribution in [0.25, 0.3) is 0 Å². The third kappa shape index (κ3) is 4.20. The molecule has 0 bridgehead atoms. The van der Waals surface area contributed by atoms with Crippen molar-refractivity contribution in [3.8, 4) is 0 Å². The highest BCUT2D eigenvalue weighted by molar-refractivity contribution is 9.10. The SMILES string of the molecule is COC(=O)C1=C(C)N(Cc2ccc(C(=O)O)cc2)C(=O)NC1c1ccc(Br)cc1F. The van der Waals surface area contributed by atoms with Crippen molar-refractivity contribution in [1.29, 1.82) is 0 Å². The molecule has 9 heteroatoms. The Morgan fingerprint density at radius 3 is 2.47 bits per heavy atom. The van der Waals surface area contributed by atoms with Gasteiger partial charge in [0.15, 0.2) is 0 Å². The van der Waals surface area contributed by atoms with Gasteiger partial charge in [0, 0.05) is 15.7 Å². The molecule has 0 radical (unpaired) electrons. The number of urea groups is 1. The van der Waals surface area contributed by atoms with E-state index in [0.717, 1.165) is 0 Å². The summed E-state index contributed by atoms with van der Waals surface area (Å²) < 4.78 is 20.0. The van der Waals surface area contributed by atoms with E-state index in [1.54, 1.807) is 25.1 Å². The average molecular weight is 477 g/mol. The second-order valence-corrected chi connectivity index (χ2v) is 7.54. The number of esters is 1. The van der Waals surface area contributed by atoms with Gasteiger partial charge in [-0.3, -0.25) is 4.90 Å². The number of nitrogens with zero attached hydrogens (tertiary/aromatic N) is 1. The number of nitrogens with one attached hydrogen (secondary N) is 1. The highest BCUT2D eigenvalue weighted by Crippen LogP contribution is 2.34. The predicted molar refractivity (Wildman–Crippen MR) is 109 cm³/mol. The maximum absolute atomic E-state index is 14.6. The second-order valence-electron chi connectivity index (χ2n) is 6.63. The molecule has 7 nitrogen and oxygen atoms in total. The number of carbonyl (C=O) groups is 3. The molecule has 0 saturated carbocycles. The summed E-state index contributed by atoms with van der Waals surface area (Å²) >= 11 is 3.19. The number of hydrogen-bond acceptors (Lipinski definition) is 4. The third-order valence-corrected chi connectivity index (χ3v) is 5.31. The summed E-state index contributed by atoms with van der Waals surface area (Å²) in [5.41, 5.74) is 1.35. The highest BCUT2D eigenvalue weighted by atomic mass is 79.9. The molecule has 2 aromatic rings. The minimum Gasteiger partial charge on any atom is -0.478 e. The van der Waals surface area contributed by atoms with E-state index >= 15 is 0 Å². The van der Waals surface area contributed by atoms with Gasteiger partial charge in [-0.25, -0.2) is 18.8 Å². The van der Waals surface area contributed by atoms with Gasteiger partial charge in [0.25, 0.3) is 0 Å². The van der Waals surface area contributed by atoms with Gasteiger partial charge < -0.3 is 15.2 Å². The predicted octanol–water partition coefficient (Wildman–Crippen LogP) is 4.00. The first-order chi connectivity index (χ1) is 14.2. The number of rotatable bonds is 5. The van der Waals surface area contributed by atoms with Gasteiger partial charge in [-0.05, 0) is 36.8 Å². The largest absolute Gasteiger partial charge is 0.478 e. The number of amides is 2. The lowest BCUT2D eigenvalue weighted by atomic mass is 9.94. The Bertz CT molecular complexity index is 1050. The van der Waals surface area contributed by atoms with E-state index in [9.17, 15) is 18.8 Å². The van der Waals surface area contributed by atoms with E-state index in [2.05, 4.69) is 21.2 Å². The average Bonchev–Trinajstić information content (AvgIpc) is 2.70. The Hall–Kier alpha value is -3.20. The number of hydrogen-bond donors (Lipinski definition) is 2. The summed E-state index contributed by atoms with van der Waals surface area (Å²) in [4.78, 5) is 37.7. The fourth-order valence-electron chi connectivity index (χ4n) is 3.25. The van der Waals surface area contributed by atoms with Crippen molar-refractivity contribution < 1.29 is 28.6 Å². The first-order valence-corrected chi connectivity index (χ1v) is 9.66. The number of carbonyl (C=O) groups excluding carboxylic acids is 2. The van der Waals surface area contributed by atoms with E-state index in [0.29, 0.717) is 15.7 Å². The van der Waals surface area contributed by atoms with E-state index in [1.165, 1.54) is 36.3 Å². The summed E-state index contributed by atoms with van der Waals surface area (Å²) in [7, 11) is 1.21. The molecule has 1 heterocycles. The molecule has 2 N–H and O–H groups in total. The van der Waals surface area contributed by atoms with Crippen LogP contribution in [0.4, 0.5) is 9.18 Å². The third-order valence-electron chi connectivity index (χ3n) is 4.82. The Kier molecular flexibility index (Phi) is 6.21. The molecular formula is C21H18BrFN2O5. The Morgan fingerprint density at radius 1 is 1.23 bits per heavy atom. The number of aromatic carboxylic acids is 1. The second kappa shape index (κ2) is 8.66. The molecule has 1 unspecified atom stereocenters. The lowest BCUT2D eigenvalue weighted by Crippen LogP contribution is -2.47. The Morgan fingerprint density at radius 2 is 1.90 bits per heavy atom. The van der Waals surface area contributed by atoms with Gasteiger partial charge in [-0.2, -0.15) is 0 Å². The zero-order valence-corrected chi connectivity index (χ0v) is 17.7. The summed E-state index contributed by atoms with van der Waals surface area (Å²) in [5.74, 6) is -2.33. The summed E-state index contributed by atoms with van der Waals surface area (Å²) in [6.45, 7) is 1.67. The first-order valence-electron chi connectivity index (χ1n) is 8.87. The number of carboxylic acid groups (broad SMARTS) is 1. The number of carboxylic acids is 1. The molecule has 0 saturated heterocycles. The lowest BCUT2D eigenvalue weighted by molar-refractivity contribution is -0.136. The van der Waals surface area contributed by atoms with Crippen molar-refractivity contribution in [1.82, 2.24) is 10.2 Å². The van der Waals surface area contributed by atoms with Crippen molar-refractivity contribution in [2.24, 2.45) is 0 Å². The Balaban J connectivity index is 2.01. The van der Waals surface area contributed by atoms with E-state index < -0.39 is 29.8 Å². The minimum absolute atomic E-state index is 0.0909. The maximum Gasteiger partial charge on any atom is 0.337 e. The Labute approximate surface area is 180 Å². The van der Waals surface area contributed by atoms with Crippen LogP contribution < -0.4 is 5.32 Å². The van der Waals surface area contributed by atoms with Crippen LogP contribution in [-0.4, -0.2) is 35.1 Å². The van der Waals surface area contributed by atoms with Gasteiger partial charge in [0.1, 0.15) is 5.82 Å². The topological polar surface area (TPSA) is 95.9 Å². The molecule has 0 aliphatic carbocycles. The number of benzene rings is 2. The van der Waals surface area contributed by atoms with Crippen LogP contribution in [0.2, 0.25) is 0 Å². The molecule has 0 fully saturated rings. The van der Waals surface area contributed by atoms with E-state index in [-0.39, 0.29) is 23.2 Å². The highest BCUT2D eigenvalue weighted by Gasteiger charge is 2.37. The van der Waals surface area contributed by atoms with Crippen LogP contribution in [-0.2, 0) is 16.1 Å². The molecule has 30 heavy (non-hydrogen) atoms. The van der Waals surface area contributed by atoms with Gasteiger partial charge >= 0.3 is 18.0 Å². The molecule has 3 rings (SSSR count). The van der Waals surface area contributed by atoms with Crippen LogP contribution in [0.3, 0.4) is 0 Å². The monoisotopic (exact) mass is 476 g/mol. The van der Waals surface area contributed by atoms with Crippen LogP contribution >= 0.6 is 15.9 Å². The summed E-state index contributed by atoms with van der Waals surface area (Å²) in [5, 5.41) is 11.7. The van der Waals surface area contributed by atoms with Crippen LogP contribution in [0.5, 0.6) is 0 Å². The fraction of sp³-hybridized carbons (Fsp3) is 0.190. The van der Waals surface area contributed by atoms with Crippen molar-refractivity contribution in [2.45, 2.75) is 19.5 Å². The van der Waals surface area contributed by atoms with Gasteiger partial charge in [0.2, 0.25) is 0 Å². The smallest absolute Gasteiger partial charge is 0.337 e. The van der Waals surface area contributed by atoms with Crippen LogP contribution in [0.1, 0.15) is 34.5 Å². The molecule has 1 aliphatic heterocycles. The lowest BCUT2D eigenvalue weighted by Gasteiger charge is -2.35. The number of allylic oxidation sites excluding steroid dienone is 1. The van der Waals surface area contributed by atoms with Gasteiger partial charge in [0.05, 0.1) is 30.8 Å². The normalized spacial score (nSPS) is 16.3. The molecule has 2 amide bonds. The maximum atomic E-state index is 14.6. The van der Waals surface area contributed by atoms with Crippen molar-refractivity contribution in [3.05, 3.63) is 80.7 Å². The van der Waals surface area contributed by atoms with Gasteiger partial charge in [-0.1, -0.05) is 34.1 Å². The fourth-order valence-corrected chi connectivity index (χ4v) is 3.58. The molecule has 2 aromatic carbocycles. The molecule has 1 aliphatic rings. The molecule has 1 atom stereocenters. The van der Waals surface area contributed by atoms with E-state index in [1.807, 2.05) is 0 Å². The van der Waals surface area contributed by atoms with Crippen LogP contribution in [0, 0.1) is 5.82 Å². The minimum atomic E-state index is -1.05. The quantitative estimate of drug-likeness (QED) is 0.635. The molecule has 0 aromatic heterocycles. The standard InChI is InChI=1S/C21H18BrFN2O5/c1-11-17(20(28)30-2)18(15-8-7-14(22)9-16(15)23)24-21(29)25(11)10-12-3-5-13(6-4-12)19(26)27/h3-9,18H,10H2,1-2H3,(H,24,29)(H,26,27). The van der Waals surface area contributed by atoms with E-state index in [4.69, 9.17) is 9.84 Å². The first kappa shape index (κ1) is 21.5. The molecule has 0 spiro atoms.